The smallest absolute Gasteiger partial charge is 0.384 e. The van der Waals surface area contributed by atoms with Crippen molar-refractivity contribution in [1.82, 2.24) is 24.5 Å². The van der Waals surface area contributed by atoms with Gasteiger partial charge in [0, 0.05) is 40.9 Å². The quantitative estimate of drug-likeness (QED) is 0.283. The third-order valence-corrected chi connectivity index (χ3v) is 8.82. The van der Waals surface area contributed by atoms with Gasteiger partial charge in [-0.25, -0.2) is 4.98 Å². The Balaban J connectivity index is 1.37. The lowest BCUT2D eigenvalue weighted by atomic mass is 9.85. The van der Waals surface area contributed by atoms with E-state index in [0.717, 1.165) is 25.1 Å². The number of halogens is 6. The summed E-state index contributed by atoms with van der Waals surface area (Å²) < 4.78 is 82.0. The molecule has 3 atom stereocenters. The minimum absolute atomic E-state index is 0.0250. The maximum Gasteiger partial charge on any atom is 0.421 e. The lowest BCUT2D eigenvalue weighted by Gasteiger charge is -2.39. The molecule has 6 rings (SSSR count). The number of ketones is 1. The lowest BCUT2D eigenvalue weighted by Crippen LogP contribution is -2.61. The molecule has 0 radical (unpaired) electrons. The molecule has 0 spiro atoms. The number of alkyl halides is 6. The fourth-order valence-corrected chi connectivity index (χ4v) is 6.60. The van der Waals surface area contributed by atoms with Crippen LogP contribution in [0.4, 0.5) is 32.2 Å². The summed E-state index contributed by atoms with van der Waals surface area (Å²) >= 11 is 0. The largest absolute Gasteiger partial charge is 0.421 e. The number of hydrogen-bond acceptors (Lipinski definition) is 9. The van der Waals surface area contributed by atoms with Crippen LogP contribution in [-0.2, 0) is 10.3 Å². The molecule has 3 aliphatic rings. The number of hydrogen-bond donors (Lipinski definition) is 3. The number of nitrogens with zero attached hydrogens (tertiary/aromatic N) is 6. The number of rotatable bonds is 5. The van der Waals surface area contributed by atoms with Gasteiger partial charge < -0.3 is 22.1 Å². The molecular formula is C28H27F6N9O2. The minimum Gasteiger partial charge on any atom is -0.384 e. The van der Waals surface area contributed by atoms with Gasteiger partial charge in [-0.1, -0.05) is 6.07 Å². The van der Waals surface area contributed by atoms with E-state index < -0.39 is 23.6 Å². The van der Waals surface area contributed by atoms with Crippen LogP contribution in [0.15, 0.2) is 41.2 Å². The molecule has 6 N–H and O–H groups in total. The first kappa shape index (κ1) is 30.5. The van der Waals surface area contributed by atoms with Crippen LogP contribution in [0.1, 0.15) is 60.3 Å². The number of nitrogens with two attached hydrogens (primary N) is 3. The summed E-state index contributed by atoms with van der Waals surface area (Å²) in [7, 11) is 0. The highest BCUT2D eigenvalue weighted by Crippen LogP contribution is 2.48. The van der Waals surface area contributed by atoms with Gasteiger partial charge in [-0.05, 0) is 44.7 Å². The molecule has 3 aromatic rings. The van der Waals surface area contributed by atoms with Gasteiger partial charge in [0.1, 0.15) is 11.7 Å². The number of aliphatic imine (C=N–C) groups is 1. The Morgan fingerprint density at radius 3 is 2.13 bits per heavy atom. The Morgan fingerprint density at radius 1 is 0.978 bits per heavy atom. The molecule has 3 aromatic heterocycles. The zero-order valence-corrected chi connectivity index (χ0v) is 23.7. The van der Waals surface area contributed by atoms with Gasteiger partial charge in [0.2, 0.25) is 0 Å². The Labute approximate surface area is 251 Å². The molecule has 1 amide bonds. The molecule has 2 fully saturated rings. The summed E-state index contributed by atoms with van der Waals surface area (Å²) in [5.41, 5.74) is 12.4. The van der Waals surface area contributed by atoms with Gasteiger partial charge >= 0.3 is 12.4 Å². The van der Waals surface area contributed by atoms with Crippen LogP contribution >= 0.6 is 0 Å². The van der Waals surface area contributed by atoms with Crippen molar-refractivity contribution in [2.24, 2.45) is 16.5 Å². The Hall–Kier alpha value is -4.54. The van der Waals surface area contributed by atoms with E-state index >= 15 is 0 Å². The maximum absolute atomic E-state index is 13.5. The predicted octanol–water partition coefficient (Wildman–Crippen LogP) is 3.39. The molecule has 0 aliphatic carbocycles. The van der Waals surface area contributed by atoms with Crippen molar-refractivity contribution in [3.05, 3.63) is 53.1 Å². The van der Waals surface area contributed by atoms with E-state index in [0.29, 0.717) is 36.0 Å². The number of Topliss-reactive ketones (excluding diaryl/α,β-unsaturated/α-hetero) is 1. The summed E-state index contributed by atoms with van der Waals surface area (Å²) in [6.45, 7) is 1.55. The van der Waals surface area contributed by atoms with E-state index in [-0.39, 0.29) is 64.4 Å². The van der Waals surface area contributed by atoms with Crippen LogP contribution in [-0.4, -0.2) is 73.0 Å². The number of anilines is 1. The van der Waals surface area contributed by atoms with Crippen LogP contribution in [0.2, 0.25) is 0 Å². The molecule has 0 aromatic carbocycles. The Kier molecular flexibility index (Phi) is 6.94. The van der Waals surface area contributed by atoms with E-state index in [2.05, 4.69) is 15.1 Å². The number of piperidine rings is 1. The van der Waals surface area contributed by atoms with Gasteiger partial charge in [-0.15, -0.1) is 0 Å². The fraction of sp³-hybridized carbons (Fsp3) is 0.429. The number of fused-ring (bicyclic) bond motifs is 3. The molecule has 6 heterocycles. The minimum atomic E-state index is -5.87. The predicted molar refractivity (Wildman–Crippen MR) is 149 cm³/mol. The third kappa shape index (κ3) is 4.71. The fourth-order valence-electron chi connectivity index (χ4n) is 6.60. The van der Waals surface area contributed by atoms with Gasteiger partial charge in [0.25, 0.3) is 11.4 Å². The van der Waals surface area contributed by atoms with E-state index in [1.165, 1.54) is 17.6 Å². The molecule has 238 valence electrons. The van der Waals surface area contributed by atoms with Crippen molar-refractivity contribution >= 4 is 29.0 Å². The summed E-state index contributed by atoms with van der Waals surface area (Å²) in [5, 5.41) is 4.19. The standard InChI is InChI=1S/C28H27F6N9O2/c1-12(44)21-22(14-6-16-3-4-17(7-14)42(16)25(45)15-8-20(35)39-10-15)41-24-18(11-40-43(24)23(21)36)13-2-5-19(38-9-13)26(37,27(29,30)31)28(32,33)34/h2,5,8-9,11,14,16-17H,3-4,6-7,10,36-37H2,1H3,(H2,35,39)/t14?,16-,17+. The highest BCUT2D eigenvalue weighted by atomic mass is 19.4. The van der Waals surface area contributed by atoms with Gasteiger partial charge in [-0.3, -0.25) is 19.6 Å². The van der Waals surface area contributed by atoms with E-state index in [1.54, 1.807) is 6.08 Å². The number of nitrogen functional groups attached to an aromatic ring is 1. The normalized spacial score (nSPS) is 22.1. The van der Waals surface area contributed by atoms with Gasteiger partial charge in [0.15, 0.2) is 11.4 Å². The summed E-state index contributed by atoms with van der Waals surface area (Å²) in [6, 6.07) is 1.29. The van der Waals surface area contributed by atoms with Gasteiger partial charge in [0.05, 0.1) is 29.7 Å². The molecule has 2 saturated heterocycles. The molecular weight excluding hydrogens is 608 g/mol. The van der Waals surface area contributed by atoms with E-state index in [1.807, 2.05) is 4.90 Å². The highest BCUT2D eigenvalue weighted by Gasteiger charge is 2.70. The van der Waals surface area contributed by atoms with Crippen LogP contribution in [0.3, 0.4) is 0 Å². The van der Waals surface area contributed by atoms with Crippen molar-refractivity contribution in [3.8, 4) is 11.1 Å². The molecule has 17 heteroatoms. The van der Waals surface area contributed by atoms with Crippen LogP contribution in [0.5, 0.6) is 0 Å². The second-order valence-electron chi connectivity index (χ2n) is 11.5. The first-order valence-corrected chi connectivity index (χ1v) is 13.9. The zero-order chi connectivity index (χ0) is 32.6. The summed E-state index contributed by atoms with van der Waals surface area (Å²) in [6.07, 6.45) is -5.60. The number of carbonyl (C=O) groups excluding carboxylic acids is 2. The van der Waals surface area contributed by atoms with Gasteiger partial charge in [-0.2, -0.15) is 36.0 Å². The lowest BCUT2D eigenvalue weighted by molar-refractivity contribution is -0.303. The molecule has 11 nitrogen and oxygen atoms in total. The number of carbonyl (C=O) groups is 2. The zero-order valence-electron chi connectivity index (χ0n) is 23.7. The third-order valence-electron chi connectivity index (χ3n) is 8.82. The average molecular weight is 636 g/mol. The number of amidine groups is 1. The Bertz CT molecular complexity index is 1750. The highest BCUT2D eigenvalue weighted by molar-refractivity contribution is 6.06. The first-order chi connectivity index (χ1) is 21.0. The second-order valence-corrected chi connectivity index (χ2v) is 11.5. The van der Waals surface area contributed by atoms with Crippen molar-refractivity contribution in [2.75, 3.05) is 12.3 Å². The van der Waals surface area contributed by atoms with Crippen molar-refractivity contribution < 1.29 is 35.9 Å². The molecule has 3 aliphatic heterocycles. The second kappa shape index (κ2) is 10.3. The van der Waals surface area contributed by atoms with Crippen molar-refractivity contribution in [1.29, 1.82) is 0 Å². The molecule has 45 heavy (non-hydrogen) atoms. The first-order valence-electron chi connectivity index (χ1n) is 13.9. The van der Waals surface area contributed by atoms with Crippen LogP contribution in [0.25, 0.3) is 16.8 Å². The number of aromatic nitrogens is 4. The SMILES string of the molecule is CC(=O)c1c(C2C[C@H]3CC[C@@H](C2)N3C(=O)C2=CC(N)=NC2)nc2c(-c3ccc(C(N)(C(F)(F)F)C(F)(F)F)nc3)cnn2c1N. The Morgan fingerprint density at radius 2 is 1.62 bits per heavy atom. The molecule has 0 saturated carbocycles. The number of pyridine rings is 1. The van der Waals surface area contributed by atoms with Crippen molar-refractivity contribution in [3.63, 3.8) is 0 Å². The summed E-state index contributed by atoms with van der Waals surface area (Å²) in [4.78, 5) is 40.3. The maximum atomic E-state index is 13.5. The van der Waals surface area contributed by atoms with E-state index in [4.69, 9.17) is 22.2 Å². The van der Waals surface area contributed by atoms with Crippen LogP contribution < -0.4 is 17.2 Å². The van der Waals surface area contributed by atoms with Crippen molar-refractivity contribution in [2.45, 2.75) is 68.5 Å². The van der Waals surface area contributed by atoms with E-state index in [9.17, 15) is 35.9 Å². The monoisotopic (exact) mass is 635 g/mol. The van der Waals surface area contributed by atoms with Crippen LogP contribution in [0, 0.1) is 0 Å². The topological polar surface area (TPSA) is 171 Å². The molecule has 1 unspecified atom stereocenters. The molecule has 2 bridgehead atoms. The average Bonchev–Trinajstić information content (AvgIpc) is 3.66. The summed E-state index contributed by atoms with van der Waals surface area (Å²) in [5.74, 6) is -0.511. The number of amides is 1.